The van der Waals surface area contributed by atoms with Gasteiger partial charge in [-0.1, -0.05) is 29.3 Å². The van der Waals surface area contributed by atoms with E-state index in [0.29, 0.717) is 32.6 Å². The molecule has 10 heteroatoms. The summed E-state index contributed by atoms with van der Waals surface area (Å²) in [7, 11) is 0. The third kappa shape index (κ3) is 3.32. The minimum absolute atomic E-state index is 0.0239. The van der Waals surface area contributed by atoms with Gasteiger partial charge in [-0.2, -0.15) is 4.98 Å². The molecule has 3 heterocycles. The SMILES string of the molecule is Nc1nc(-c2ccco2)c2ncn(C(=O)OCc3ccc(Cl)cc3Cl)c2n1. The number of aromatic nitrogens is 4. The van der Waals surface area contributed by atoms with Gasteiger partial charge >= 0.3 is 6.09 Å². The Balaban J connectivity index is 1.65. The molecule has 0 spiro atoms. The van der Waals surface area contributed by atoms with Crippen LogP contribution in [0.15, 0.2) is 47.3 Å². The Bertz CT molecular complexity index is 1140. The predicted octanol–water partition coefficient (Wildman–Crippen LogP) is 4.16. The van der Waals surface area contributed by atoms with Gasteiger partial charge in [0.05, 0.1) is 6.26 Å². The van der Waals surface area contributed by atoms with Crippen molar-refractivity contribution in [3.63, 3.8) is 0 Å². The molecule has 136 valence electrons. The maximum atomic E-state index is 12.5. The van der Waals surface area contributed by atoms with Gasteiger partial charge in [0.15, 0.2) is 11.4 Å². The van der Waals surface area contributed by atoms with E-state index in [2.05, 4.69) is 15.0 Å². The van der Waals surface area contributed by atoms with Crippen LogP contribution in [0.1, 0.15) is 5.56 Å². The van der Waals surface area contributed by atoms with Gasteiger partial charge in [0.2, 0.25) is 5.95 Å². The zero-order chi connectivity index (χ0) is 19.0. The lowest BCUT2D eigenvalue weighted by atomic mass is 10.2. The first kappa shape index (κ1) is 17.3. The van der Waals surface area contributed by atoms with Crippen LogP contribution in [-0.2, 0) is 11.3 Å². The van der Waals surface area contributed by atoms with Crippen LogP contribution in [0.3, 0.4) is 0 Å². The summed E-state index contributed by atoms with van der Waals surface area (Å²) in [5.74, 6) is 0.435. The van der Waals surface area contributed by atoms with E-state index in [0.717, 1.165) is 4.57 Å². The fourth-order valence-corrected chi connectivity index (χ4v) is 2.95. The number of nitrogens with two attached hydrogens (primary N) is 1. The third-order valence-corrected chi connectivity index (χ3v) is 4.32. The van der Waals surface area contributed by atoms with E-state index in [1.807, 2.05) is 0 Å². The minimum Gasteiger partial charge on any atom is -0.463 e. The van der Waals surface area contributed by atoms with Crippen molar-refractivity contribution in [3.05, 3.63) is 58.5 Å². The Hall–Kier alpha value is -3.10. The topological polar surface area (TPSA) is 109 Å². The van der Waals surface area contributed by atoms with E-state index in [1.54, 1.807) is 30.3 Å². The lowest BCUT2D eigenvalue weighted by Crippen LogP contribution is -2.14. The van der Waals surface area contributed by atoms with Crippen LogP contribution in [-0.4, -0.2) is 25.6 Å². The molecular formula is C17H11Cl2N5O3. The smallest absolute Gasteiger partial charge is 0.421 e. The summed E-state index contributed by atoms with van der Waals surface area (Å²) in [5.41, 5.74) is 7.34. The highest BCUT2D eigenvalue weighted by Gasteiger charge is 2.19. The predicted molar refractivity (Wildman–Crippen MR) is 99.5 cm³/mol. The zero-order valence-electron chi connectivity index (χ0n) is 13.6. The molecule has 0 saturated carbocycles. The number of hydrogen-bond acceptors (Lipinski definition) is 7. The second kappa shape index (κ2) is 6.90. The normalized spacial score (nSPS) is 11.0. The van der Waals surface area contributed by atoms with Crippen LogP contribution in [0.2, 0.25) is 10.0 Å². The first-order chi connectivity index (χ1) is 13.0. The maximum Gasteiger partial charge on any atom is 0.421 e. The summed E-state index contributed by atoms with van der Waals surface area (Å²) in [6.45, 7) is -0.0416. The molecule has 27 heavy (non-hydrogen) atoms. The molecule has 0 fully saturated rings. The molecule has 8 nitrogen and oxygen atoms in total. The van der Waals surface area contributed by atoms with Crippen molar-refractivity contribution in [1.29, 1.82) is 0 Å². The molecule has 0 bridgehead atoms. The second-order valence-electron chi connectivity index (χ2n) is 5.48. The van der Waals surface area contributed by atoms with E-state index < -0.39 is 6.09 Å². The summed E-state index contributed by atoms with van der Waals surface area (Å²) in [6.07, 6.45) is 2.10. The minimum atomic E-state index is -0.688. The number of carbonyl (C=O) groups is 1. The number of fused-ring (bicyclic) bond motifs is 1. The first-order valence-electron chi connectivity index (χ1n) is 7.68. The number of halogens is 2. The van der Waals surface area contributed by atoms with Crippen LogP contribution >= 0.6 is 23.2 Å². The van der Waals surface area contributed by atoms with E-state index in [4.69, 9.17) is 38.1 Å². The average Bonchev–Trinajstić information content (AvgIpc) is 3.30. The van der Waals surface area contributed by atoms with Crippen molar-refractivity contribution in [1.82, 2.24) is 19.5 Å². The number of furan rings is 1. The fourth-order valence-electron chi connectivity index (χ4n) is 2.48. The van der Waals surface area contributed by atoms with Gasteiger partial charge in [0.1, 0.15) is 24.1 Å². The summed E-state index contributed by atoms with van der Waals surface area (Å²) in [4.78, 5) is 24.9. The van der Waals surface area contributed by atoms with Crippen molar-refractivity contribution in [2.24, 2.45) is 0 Å². The van der Waals surface area contributed by atoms with E-state index in [9.17, 15) is 4.79 Å². The third-order valence-electron chi connectivity index (χ3n) is 3.73. The second-order valence-corrected chi connectivity index (χ2v) is 6.33. The average molecular weight is 404 g/mol. The number of carbonyl (C=O) groups excluding carboxylic acids is 1. The standard InChI is InChI=1S/C17H11Cl2N5O3/c18-10-4-3-9(11(19)6-10)7-27-17(25)24-8-21-14-13(12-2-1-5-26-12)22-16(20)23-15(14)24/h1-6,8H,7H2,(H2,20,22,23). The van der Waals surface area contributed by atoms with Crippen LogP contribution in [0.25, 0.3) is 22.6 Å². The highest BCUT2D eigenvalue weighted by Crippen LogP contribution is 2.26. The van der Waals surface area contributed by atoms with Crippen molar-refractivity contribution in [2.75, 3.05) is 5.73 Å². The molecule has 4 aromatic rings. The Kier molecular flexibility index (Phi) is 4.43. The molecule has 0 unspecified atom stereocenters. The number of hydrogen-bond donors (Lipinski definition) is 1. The number of benzene rings is 1. The van der Waals surface area contributed by atoms with Gasteiger partial charge in [-0.25, -0.2) is 19.3 Å². The lowest BCUT2D eigenvalue weighted by Gasteiger charge is -2.08. The highest BCUT2D eigenvalue weighted by molar-refractivity contribution is 6.35. The summed E-state index contributed by atoms with van der Waals surface area (Å²) in [5, 5.41) is 0.894. The molecule has 0 aliphatic rings. The van der Waals surface area contributed by atoms with Crippen molar-refractivity contribution >= 4 is 46.4 Å². The molecule has 3 aromatic heterocycles. The number of nitrogen functional groups attached to an aromatic ring is 1. The maximum absolute atomic E-state index is 12.5. The zero-order valence-corrected chi connectivity index (χ0v) is 15.1. The Morgan fingerprint density at radius 3 is 2.85 bits per heavy atom. The van der Waals surface area contributed by atoms with Gasteiger partial charge < -0.3 is 14.9 Å². The van der Waals surface area contributed by atoms with Crippen LogP contribution in [0.4, 0.5) is 10.7 Å². The number of imidazole rings is 1. The first-order valence-corrected chi connectivity index (χ1v) is 8.44. The highest BCUT2D eigenvalue weighted by atomic mass is 35.5. The van der Waals surface area contributed by atoms with Crippen LogP contribution in [0.5, 0.6) is 0 Å². The Morgan fingerprint density at radius 1 is 1.26 bits per heavy atom. The van der Waals surface area contributed by atoms with Crippen LogP contribution in [0, 0.1) is 0 Å². The number of nitrogens with zero attached hydrogens (tertiary/aromatic N) is 4. The number of anilines is 1. The summed E-state index contributed by atoms with van der Waals surface area (Å²) in [6, 6.07) is 8.33. The molecule has 0 saturated heterocycles. The molecule has 4 rings (SSSR count). The van der Waals surface area contributed by atoms with E-state index in [1.165, 1.54) is 12.6 Å². The van der Waals surface area contributed by atoms with Gasteiger partial charge in [0, 0.05) is 15.6 Å². The van der Waals surface area contributed by atoms with E-state index in [-0.39, 0.29) is 18.2 Å². The molecule has 0 aliphatic heterocycles. The van der Waals surface area contributed by atoms with Crippen molar-refractivity contribution in [2.45, 2.75) is 6.61 Å². The van der Waals surface area contributed by atoms with Gasteiger partial charge in [0.25, 0.3) is 0 Å². The molecular weight excluding hydrogens is 393 g/mol. The van der Waals surface area contributed by atoms with E-state index >= 15 is 0 Å². The molecule has 0 atom stereocenters. The van der Waals surface area contributed by atoms with Gasteiger partial charge in [-0.15, -0.1) is 0 Å². The van der Waals surface area contributed by atoms with Gasteiger partial charge in [-0.05, 0) is 24.3 Å². The van der Waals surface area contributed by atoms with Crippen LogP contribution < -0.4 is 5.73 Å². The Morgan fingerprint density at radius 2 is 2.11 bits per heavy atom. The largest absolute Gasteiger partial charge is 0.463 e. The Labute approximate surface area is 162 Å². The van der Waals surface area contributed by atoms with Crippen molar-refractivity contribution in [3.8, 4) is 11.5 Å². The summed E-state index contributed by atoms with van der Waals surface area (Å²) >= 11 is 11.9. The molecule has 0 radical (unpaired) electrons. The molecule has 1 aromatic carbocycles. The monoisotopic (exact) mass is 403 g/mol. The quantitative estimate of drug-likeness (QED) is 0.546. The molecule has 0 amide bonds. The fraction of sp³-hybridized carbons (Fsp3) is 0.0588. The van der Waals surface area contributed by atoms with Crippen molar-refractivity contribution < 1.29 is 13.9 Å². The lowest BCUT2D eigenvalue weighted by molar-refractivity contribution is 0.142. The molecule has 2 N–H and O–H groups in total. The summed E-state index contributed by atoms with van der Waals surface area (Å²) < 4.78 is 11.8. The number of rotatable bonds is 3. The molecule has 0 aliphatic carbocycles. The number of ether oxygens (including phenoxy) is 1. The van der Waals surface area contributed by atoms with Gasteiger partial charge in [-0.3, -0.25) is 0 Å².